The number of allylic oxidation sites excluding steroid dienone is 1. The third kappa shape index (κ3) is 1.15. The maximum atomic E-state index is 10.6. The van der Waals surface area contributed by atoms with Gasteiger partial charge in [-0.25, -0.2) is 4.89 Å². The molecular formula is C7H10O4. The lowest BCUT2D eigenvalue weighted by atomic mass is 10.1. The lowest BCUT2D eigenvalue weighted by Gasteiger charge is -2.06. The standard InChI is InChI=1S/C7H10O4/c1-2-5-3-7(5,4-11-10)6(8)9/h2,5,10H,1,3-4H2,(H,8,9). The second-order valence-corrected chi connectivity index (χ2v) is 2.78. The third-order valence-corrected chi connectivity index (χ3v) is 2.17. The molecule has 0 radical (unpaired) electrons. The molecule has 2 N–H and O–H groups in total. The molecular weight excluding hydrogens is 148 g/mol. The van der Waals surface area contributed by atoms with Gasteiger partial charge in [-0.05, 0) is 12.3 Å². The van der Waals surface area contributed by atoms with Crippen LogP contribution in [0, 0.1) is 11.3 Å². The van der Waals surface area contributed by atoms with E-state index >= 15 is 0 Å². The molecule has 4 nitrogen and oxygen atoms in total. The maximum absolute atomic E-state index is 10.6. The Morgan fingerprint density at radius 3 is 2.82 bits per heavy atom. The Morgan fingerprint density at radius 2 is 2.55 bits per heavy atom. The largest absolute Gasteiger partial charge is 0.481 e. The summed E-state index contributed by atoms with van der Waals surface area (Å²) in [4.78, 5) is 14.4. The SMILES string of the molecule is C=CC1CC1(COO)C(=O)O. The Morgan fingerprint density at radius 1 is 1.91 bits per heavy atom. The Hall–Kier alpha value is -0.870. The van der Waals surface area contributed by atoms with Crippen molar-refractivity contribution in [2.24, 2.45) is 11.3 Å². The van der Waals surface area contributed by atoms with Gasteiger partial charge < -0.3 is 5.11 Å². The summed E-state index contributed by atoms with van der Waals surface area (Å²) in [6.07, 6.45) is 2.08. The molecule has 0 aromatic carbocycles. The maximum Gasteiger partial charge on any atom is 0.312 e. The van der Waals surface area contributed by atoms with Crippen molar-refractivity contribution in [2.75, 3.05) is 6.61 Å². The van der Waals surface area contributed by atoms with Crippen molar-refractivity contribution in [2.45, 2.75) is 6.42 Å². The molecule has 2 unspecified atom stereocenters. The Labute approximate surface area is 64.0 Å². The first-order valence-electron chi connectivity index (χ1n) is 3.29. The van der Waals surface area contributed by atoms with Crippen molar-refractivity contribution >= 4 is 5.97 Å². The number of rotatable bonds is 4. The molecule has 62 valence electrons. The minimum Gasteiger partial charge on any atom is -0.481 e. The van der Waals surface area contributed by atoms with Gasteiger partial charge in [-0.15, -0.1) is 6.58 Å². The minimum atomic E-state index is -0.934. The normalized spacial score (nSPS) is 34.8. The summed E-state index contributed by atoms with van der Waals surface area (Å²) in [5.74, 6) is -0.997. The smallest absolute Gasteiger partial charge is 0.312 e. The molecule has 2 atom stereocenters. The zero-order valence-electron chi connectivity index (χ0n) is 5.99. The Bertz CT molecular complexity index is 189. The number of carboxylic acid groups (broad SMARTS) is 1. The van der Waals surface area contributed by atoms with Gasteiger partial charge in [0.15, 0.2) is 0 Å². The molecule has 0 saturated heterocycles. The second kappa shape index (κ2) is 2.64. The highest BCUT2D eigenvalue weighted by atomic mass is 17.1. The predicted molar refractivity (Wildman–Crippen MR) is 37.0 cm³/mol. The summed E-state index contributed by atoms with van der Waals surface area (Å²) in [5, 5.41) is 16.8. The fourth-order valence-corrected chi connectivity index (χ4v) is 1.23. The topological polar surface area (TPSA) is 66.8 Å². The zero-order valence-corrected chi connectivity index (χ0v) is 5.99. The quantitative estimate of drug-likeness (QED) is 0.360. The number of carboxylic acids is 1. The summed E-state index contributed by atoms with van der Waals surface area (Å²) in [6.45, 7) is 3.33. The van der Waals surface area contributed by atoms with Crippen molar-refractivity contribution in [3.05, 3.63) is 12.7 Å². The molecule has 4 heteroatoms. The minimum absolute atomic E-state index is 0.0628. The van der Waals surface area contributed by atoms with E-state index in [0.717, 1.165) is 0 Å². The van der Waals surface area contributed by atoms with Gasteiger partial charge in [-0.3, -0.25) is 10.1 Å². The van der Waals surface area contributed by atoms with E-state index in [-0.39, 0.29) is 12.5 Å². The van der Waals surface area contributed by atoms with Gasteiger partial charge in [0.2, 0.25) is 0 Å². The Balaban J connectivity index is 2.62. The lowest BCUT2D eigenvalue weighted by molar-refractivity contribution is -0.255. The molecule has 1 fully saturated rings. The molecule has 0 spiro atoms. The first-order chi connectivity index (χ1) is 5.17. The third-order valence-electron chi connectivity index (χ3n) is 2.17. The highest BCUT2D eigenvalue weighted by Gasteiger charge is 2.59. The summed E-state index contributed by atoms with van der Waals surface area (Å²) >= 11 is 0. The molecule has 11 heavy (non-hydrogen) atoms. The van der Waals surface area contributed by atoms with Gasteiger partial charge >= 0.3 is 5.97 Å². The summed E-state index contributed by atoms with van der Waals surface area (Å²) in [5.41, 5.74) is -0.906. The van der Waals surface area contributed by atoms with Crippen LogP contribution >= 0.6 is 0 Å². The van der Waals surface area contributed by atoms with Crippen molar-refractivity contribution in [3.63, 3.8) is 0 Å². The average Bonchev–Trinajstić information content (AvgIpc) is 2.65. The van der Waals surface area contributed by atoms with E-state index in [0.29, 0.717) is 6.42 Å². The average molecular weight is 158 g/mol. The second-order valence-electron chi connectivity index (χ2n) is 2.78. The van der Waals surface area contributed by atoms with E-state index in [4.69, 9.17) is 10.4 Å². The van der Waals surface area contributed by atoms with Gasteiger partial charge in [-0.2, -0.15) is 0 Å². The molecule has 0 amide bonds. The van der Waals surface area contributed by atoms with Crippen LogP contribution in [0.25, 0.3) is 0 Å². The summed E-state index contributed by atoms with van der Waals surface area (Å²) in [7, 11) is 0. The molecule has 0 aromatic rings. The summed E-state index contributed by atoms with van der Waals surface area (Å²) in [6, 6.07) is 0. The van der Waals surface area contributed by atoms with Crippen molar-refractivity contribution in [3.8, 4) is 0 Å². The van der Waals surface area contributed by atoms with Crippen LogP contribution in [-0.4, -0.2) is 22.9 Å². The van der Waals surface area contributed by atoms with Crippen LogP contribution in [0.1, 0.15) is 6.42 Å². The van der Waals surface area contributed by atoms with Crippen LogP contribution < -0.4 is 0 Å². The summed E-state index contributed by atoms with van der Waals surface area (Å²) < 4.78 is 0. The van der Waals surface area contributed by atoms with Crippen LogP contribution in [0.4, 0.5) is 0 Å². The van der Waals surface area contributed by atoms with E-state index in [2.05, 4.69) is 11.5 Å². The number of carbonyl (C=O) groups is 1. The van der Waals surface area contributed by atoms with Crippen molar-refractivity contribution in [1.82, 2.24) is 0 Å². The highest BCUT2D eigenvalue weighted by Crippen LogP contribution is 2.53. The molecule has 0 aromatic heterocycles. The van der Waals surface area contributed by atoms with E-state index in [1.807, 2.05) is 0 Å². The zero-order chi connectivity index (χ0) is 8.48. The molecule has 1 aliphatic rings. The van der Waals surface area contributed by atoms with Crippen molar-refractivity contribution in [1.29, 1.82) is 0 Å². The number of hydrogen-bond acceptors (Lipinski definition) is 3. The molecule has 1 rings (SSSR count). The fraction of sp³-hybridized carbons (Fsp3) is 0.571. The molecule has 0 aliphatic heterocycles. The van der Waals surface area contributed by atoms with Gasteiger partial charge in [0.1, 0.15) is 5.41 Å². The van der Waals surface area contributed by atoms with E-state index in [1.54, 1.807) is 6.08 Å². The highest BCUT2D eigenvalue weighted by molar-refractivity contribution is 5.79. The molecule has 1 aliphatic carbocycles. The first kappa shape index (κ1) is 8.23. The van der Waals surface area contributed by atoms with Gasteiger partial charge in [-0.1, -0.05) is 6.08 Å². The van der Waals surface area contributed by atoms with Crippen LogP contribution in [0.3, 0.4) is 0 Å². The van der Waals surface area contributed by atoms with E-state index < -0.39 is 11.4 Å². The van der Waals surface area contributed by atoms with Crippen molar-refractivity contribution < 1.29 is 20.0 Å². The van der Waals surface area contributed by atoms with Gasteiger partial charge in [0.25, 0.3) is 0 Å². The van der Waals surface area contributed by atoms with Crippen LogP contribution in [0.15, 0.2) is 12.7 Å². The van der Waals surface area contributed by atoms with E-state index in [9.17, 15) is 4.79 Å². The molecule has 0 bridgehead atoms. The monoisotopic (exact) mass is 158 g/mol. The van der Waals surface area contributed by atoms with Crippen LogP contribution in [-0.2, 0) is 9.68 Å². The molecule has 0 heterocycles. The van der Waals surface area contributed by atoms with Crippen LogP contribution in [0.5, 0.6) is 0 Å². The lowest BCUT2D eigenvalue weighted by Crippen LogP contribution is -2.22. The predicted octanol–water partition coefficient (Wildman–Crippen LogP) is 0.753. The van der Waals surface area contributed by atoms with E-state index in [1.165, 1.54) is 0 Å². The number of hydrogen-bond donors (Lipinski definition) is 2. The number of aliphatic carboxylic acids is 1. The molecule has 1 saturated carbocycles. The Kier molecular flexibility index (Phi) is 1.97. The van der Waals surface area contributed by atoms with Crippen LogP contribution in [0.2, 0.25) is 0 Å². The first-order valence-corrected chi connectivity index (χ1v) is 3.29. The van der Waals surface area contributed by atoms with Gasteiger partial charge in [0.05, 0.1) is 6.61 Å². The fourth-order valence-electron chi connectivity index (χ4n) is 1.23. The van der Waals surface area contributed by atoms with Gasteiger partial charge in [0, 0.05) is 0 Å².